The maximum absolute atomic E-state index is 12.7. The van der Waals surface area contributed by atoms with Crippen molar-refractivity contribution in [3.05, 3.63) is 64.0 Å². The second kappa shape index (κ2) is 7.30. The van der Waals surface area contributed by atoms with E-state index in [-0.39, 0.29) is 23.2 Å². The highest BCUT2D eigenvalue weighted by Gasteiger charge is 2.24. The summed E-state index contributed by atoms with van der Waals surface area (Å²) < 4.78 is 0. The van der Waals surface area contributed by atoms with Crippen molar-refractivity contribution in [2.45, 2.75) is 25.8 Å². The number of nitro groups is 1. The van der Waals surface area contributed by atoms with Crippen LogP contribution in [0.2, 0.25) is 0 Å². The number of carbonyl (C=O) groups excluding carboxylic acids is 1. The van der Waals surface area contributed by atoms with Crippen LogP contribution < -0.4 is 10.2 Å². The summed E-state index contributed by atoms with van der Waals surface area (Å²) in [6.07, 6.45) is 2.04. The lowest BCUT2D eigenvalue weighted by Gasteiger charge is -2.18. The van der Waals surface area contributed by atoms with Gasteiger partial charge in [0.15, 0.2) is 0 Å². The van der Waals surface area contributed by atoms with Crippen LogP contribution in [0.3, 0.4) is 0 Å². The van der Waals surface area contributed by atoms with Crippen molar-refractivity contribution >= 4 is 28.3 Å². The van der Waals surface area contributed by atoms with E-state index in [1.54, 1.807) is 12.1 Å². The molecule has 8 nitrogen and oxygen atoms in total. The molecule has 1 atom stereocenters. The van der Waals surface area contributed by atoms with Gasteiger partial charge in [-0.3, -0.25) is 14.9 Å². The molecule has 1 saturated heterocycles. The lowest BCUT2D eigenvalue weighted by Crippen LogP contribution is -2.27. The first-order valence-corrected chi connectivity index (χ1v) is 9.32. The molecule has 4 rings (SSSR count). The van der Waals surface area contributed by atoms with Crippen molar-refractivity contribution in [2.24, 2.45) is 0 Å². The zero-order chi connectivity index (χ0) is 19.7. The van der Waals surface area contributed by atoms with Gasteiger partial charge in [0.05, 0.1) is 22.0 Å². The predicted molar refractivity (Wildman–Crippen MR) is 107 cm³/mol. The minimum absolute atomic E-state index is 0.0362. The summed E-state index contributed by atoms with van der Waals surface area (Å²) in [5, 5.41) is 14.4. The number of nitro benzene ring substituents is 1. The van der Waals surface area contributed by atoms with Gasteiger partial charge < -0.3 is 15.2 Å². The van der Waals surface area contributed by atoms with E-state index in [9.17, 15) is 14.9 Å². The van der Waals surface area contributed by atoms with Gasteiger partial charge >= 0.3 is 0 Å². The van der Waals surface area contributed by atoms with Gasteiger partial charge in [-0.15, -0.1) is 0 Å². The van der Waals surface area contributed by atoms with E-state index in [1.165, 1.54) is 6.07 Å². The summed E-state index contributed by atoms with van der Waals surface area (Å²) in [5.74, 6) is 0.266. The third-order valence-corrected chi connectivity index (χ3v) is 5.05. The summed E-state index contributed by atoms with van der Waals surface area (Å²) in [6, 6.07) is 11.9. The van der Waals surface area contributed by atoms with Gasteiger partial charge in [-0.1, -0.05) is 12.1 Å². The van der Waals surface area contributed by atoms with E-state index in [2.05, 4.69) is 15.3 Å². The van der Waals surface area contributed by atoms with Gasteiger partial charge in [-0.25, -0.2) is 4.98 Å². The number of H-pyrrole nitrogens is 1. The van der Waals surface area contributed by atoms with Crippen LogP contribution in [0.15, 0.2) is 42.5 Å². The Kier molecular flexibility index (Phi) is 4.68. The van der Waals surface area contributed by atoms with Crippen LogP contribution in [0.25, 0.3) is 11.0 Å². The Morgan fingerprint density at radius 1 is 1.25 bits per heavy atom. The van der Waals surface area contributed by atoms with E-state index in [0.717, 1.165) is 37.0 Å². The largest absolute Gasteiger partial charge is 0.366 e. The van der Waals surface area contributed by atoms with Crippen LogP contribution in [0.5, 0.6) is 0 Å². The van der Waals surface area contributed by atoms with E-state index < -0.39 is 4.92 Å². The Morgan fingerprint density at radius 2 is 2.00 bits per heavy atom. The van der Waals surface area contributed by atoms with Crippen molar-refractivity contribution in [1.82, 2.24) is 15.3 Å². The molecule has 1 unspecified atom stereocenters. The zero-order valence-corrected chi connectivity index (χ0v) is 15.5. The summed E-state index contributed by atoms with van der Waals surface area (Å²) >= 11 is 0. The van der Waals surface area contributed by atoms with E-state index in [1.807, 2.05) is 36.1 Å². The highest BCUT2D eigenvalue weighted by molar-refractivity contribution is 5.96. The Hall–Kier alpha value is -3.42. The van der Waals surface area contributed by atoms with Crippen molar-refractivity contribution in [2.75, 3.05) is 18.0 Å². The molecule has 1 aliphatic rings. The quantitative estimate of drug-likeness (QED) is 0.521. The van der Waals surface area contributed by atoms with Crippen molar-refractivity contribution in [3.8, 4) is 0 Å². The first-order chi connectivity index (χ1) is 13.5. The predicted octanol–water partition coefficient (Wildman–Crippen LogP) is 3.56. The number of aromatic nitrogens is 2. The first kappa shape index (κ1) is 18.0. The highest BCUT2D eigenvalue weighted by Crippen LogP contribution is 2.31. The fraction of sp³-hybridized carbons (Fsp3) is 0.300. The number of hydrogen-bond donors (Lipinski definition) is 2. The van der Waals surface area contributed by atoms with E-state index >= 15 is 0 Å². The number of para-hydroxylation sites is 2. The molecular formula is C20H21N5O3. The average molecular weight is 379 g/mol. The molecule has 2 heterocycles. The standard InChI is InChI=1S/C20H21N5O3/c1-13(19-22-15-6-2-3-7-16(15)23-19)21-20(26)14-8-9-17(18(12-14)25(27)28)24-10-4-5-11-24/h2-3,6-9,12-13H,4-5,10-11H2,1H3,(H,21,26)(H,22,23). The second-order valence-corrected chi connectivity index (χ2v) is 6.99. The number of aromatic amines is 1. The van der Waals surface area contributed by atoms with Gasteiger partial charge in [0.1, 0.15) is 11.5 Å². The summed E-state index contributed by atoms with van der Waals surface area (Å²) in [5.41, 5.74) is 2.52. The molecule has 8 heteroatoms. The molecule has 1 fully saturated rings. The smallest absolute Gasteiger partial charge is 0.293 e. The Morgan fingerprint density at radius 3 is 2.71 bits per heavy atom. The summed E-state index contributed by atoms with van der Waals surface area (Å²) in [7, 11) is 0. The highest BCUT2D eigenvalue weighted by atomic mass is 16.6. The molecule has 0 bridgehead atoms. The number of imidazole rings is 1. The van der Waals surface area contributed by atoms with Crippen molar-refractivity contribution < 1.29 is 9.72 Å². The number of anilines is 1. The van der Waals surface area contributed by atoms with Crippen LogP contribution in [0.4, 0.5) is 11.4 Å². The van der Waals surface area contributed by atoms with Gasteiger partial charge in [0.25, 0.3) is 11.6 Å². The molecule has 2 aromatic carbocycles. The molecule has 28 heavy (non-hydrogen) atoms. The third kappa shape index (κ3) is 3.40. The summed E-state index contributed by atoms with van der Waals surface area (Å²) in [4.78, 5) is 33.4. The number of nitrogens with one attached hydrogen (secondary N) is 2. The molecule has 1 aromatic heterocycles. The third-order valence-electron chi connectivity index (χ3n) is 5.05. The van der Waals surface area contributed by atoms with Crippen LogP contribution in [0.1, 0.15) is 42.0 Å². The minimum Gasteiger partial charge on any atom is -0.366 e. The number of hydrogen-bond acceptors (Lipinski definition) is 5. The maximum atomic E-state index is 12.7. The van der Waals surface area contributed by atoms with Gasteiger partial charge in [-0.05, 0) is 44.0 Å². The molecule has 1 aliphatic heterocycles. The zero-order valence-electron chi connectivity index (χ0n) is 15.5. The number of benzene rings is 2. The lowest BCUT2D eigenvalue weighted by atomic mass is 10.1. The molecule has 2 N–H and O–H groups in total. The maximum Gasteiger partial charge on any atom is 0.293 e. The topological polar surface area (TPSA) is 104 Å². The van der Waals surface area contributed by atoms with E-state index in [0.29, 0.717) is 11.5 Å². The number of rotatable bonds is 5. The fourth-order valence-electron chi connectivity index (χ4n) is 3.56. The van der Waals surface area contributed by atoms with E-state index in [4.69, 9.17) is 0 Å². The molecule has 144 valence electrons. The second-order valence-electron chi connectivity index (χ2n) is 6.99. The molecule has 0 saturated carbocycles. The number of carbonyl (C=O) groups is 1. The molecular weight excluding hydrogens is 358 g/mol. The number of nitrogens with zero attached hydrogens (tertiary/aromatic N) is 3. The van der Waals surface area contributed by atoms with Crippen LogP contribution in [0, 0.1) is 10.1 Å². The molecule has 0 aliphatic carbocycles. The fourth-order valence-corrected chi connectivity index (χ4v) is 3.56. The van der Waals surface area contributed by atoms with Crippen LogP contribution >= 0.6 is 0 Å². The Balaban J connectivity index is 1.55. The SMILES string of the molecule is CC(NC(=O)c1ccc(N2CCCC2)c([N+](=O)[O-])c1)c1nc2ccccc2[nH]1. The van der Waals surface area contributed by atoms with Gasteiger partial charge in [0.2, 0.25) is 0 Å². The van der Waals surface area contributed by atoms with Gasteiger partial charge in [-0.2, -0.15) is 0 Å². The monoisotopic (exact) mass is 379 g/mol. The van der Waals surface area contributed by atoms with Crippen molar-refractivity contribution in [3.63, 3.8) is 0 Å². The molecule has 0 radical (unpaired) electrons. The molecule has 0 spiro atoms. The Labute approximate surface area is 161 Å². The Bertz CT molecular complexity index is 1010. The van der Waals surface area contributed by atoms with Crippen LogP contribution in [-0.2, 0) is 0 Å². The normalized spacial score (nSPS) is 15.0. The van der Waals surface area contributed by atoms with Gasteiger partial charge in [0, 0.05) is 24.7 Å². The summed E-state index contributed by atoms with van der Waals surface area (Å²) in [6.45, 7) is 3.42. The molecule has 3 aromatic rings. The molecule has 1 amide bonds. The first-order valence-electron chi connectivity index (χ1n) is 9.32. The van der Waals surface area contributed by atoms with Crippen molar-refractivity contribution in [1.29, 1.82) is 0 Å². The minimum atomic E-state index is -0.424. The number of amides is 1. The average Bonchev–Trinajstić information content (AvgIpc) is 3.37. The number of fused-ring (bicyclic) bond motifs is 1. The van der Waals surface area contributed by atoms with Crippen LogP contribution in [-0.4, -0.2) is 33.9 Å². The lowest BCUT2D eigenvalue weighted by molar-refractivity contribution is -0.384.